The van der Waals surface area contributed by atoms with Gasteiger partial charge in [0.05, 0.1) is 0 Å². The summed E-state index contributed by atoms with van der Waals surface area (Å²) in [6.45, 7) is 5.63. The molecule has 0 unspecified atom stereocenters. The van der Waals surface area contributed by atoms with Gasteiger partial charge in [-0.15, -0.1) is 0 Å². The monoisotopic (exact) mass is 204 g/mol. The molecule has 0 aliphatic heterocycles. The molecule has 0 aromatic carbocycles. The first-order valence-electron chi connectivity index (χ1n) is 4.67. The zero-order chi connectivity index (χ0) is 11.0. The van der Waals surface area contributed by atoms with Gasteiger partial charge in [-0.1, -0.05) is 0 Å². The van der Waals surface area contributed by atoms with Gasteiger partial charge in [-0.3, -0.25) is 9.89 Å². The summed E-state index contributed by atoms with van der Waals surface area (Å²) in [5.74, 6) is 0.507. The highest BCUT2D eigenvalue weighted by Gasteiger charge is 2.05. The fourth-order valence-corrected chi connectivity index (χ4v) is 1.50. The number of hydrogen-bond donors (Lipinski definition) is 1. The van der Waals surface area contributed by atoms with Crippen LogP contribution in [0.1, 0.15) is 17.1 Å². The average Bonchev–Trinajstić information content (AvgIpc) is 2.43. The number of nitrogens with one attached hydrogen (secondary N) is 1. The Morgan fingerprint density at radius 1 is 1.13 bits per heavy atom. The molecule has 2 heterocycles. The normalized spacial score (nSPS) is 10.6. The highest BCUT2D eigenvalue weighted by atomic mass is 16.1. The third-order valence-corrected chi connectivity index (χ3v) is 2.09. The molecule has 5 heteroatoms. The maximum atomic E-state index is 11.1. The van der Waals surface area contributed by atoms with Crippen LogP contribution in [0.15, 0.2) is 16.9 Å². The van der Waals surface area contributed by atoms with Crippen molar-refractivity contribution in [2.24, 2.45) is 0 Å². The van der Waals surface area contributed by atoms with E-state index in [1.54, 1.807) is 4.68 Å². The Hall–Kier alpha value is -1.91. The second-order valence-electron chi connectivity index (χ2n) is 3.55. The maximum Gasteiger partial charge on any atom is 0.264 e. The van der Waals surface area contributed by atoms with Gasteiger partial charge < -0.3 is 0 Å². The Bertz CT molecular complexity index is 533. The Labute approximate surface area is 86.8 Å². The Kier molecular flexibility index (Phi) is 2.15. The SMILES string of the molecule is Cc1cc(C)nc(-n2[nH]c(=O)cc2C)n1. The predicted molar refractivity (Wildman–Crippen MR) is 56.2 cm³/mol. The van der Waals surface area contributed by atoms with E-state index in [0.717, 1.165) is 17.1 Å². The van der Waals surface area contributed by atoms with Crippen molar-refractivity contribution in [2.75, 3.05) is 0 Å². The van der Waals surface area contributed by atoms with Gasteiger partial charge in [0.25, 0.3) is 5.56 Å². The number of hydrogen-bond acceptors (Lipinski definition) is 3. The molecule has 0 saturated heterocycles. The topological polar surface area (TPSA) is 63.6 Å². The third-order valence-electron chi connectivity index (χ3n) is 2.09. The summed E-state index contributed by atoms with van der Waals surface area (Å²) in [5.41, 5.74) is 2.41. The molecule has 1 N–H and O–H groups in total. The largest absolute Gasteiger partial charge is 0.268 e. The third kappa shape index (κ3) is 1.81. The smallest absolute Gasteiger partial charge is 0.264 e. The summed E-state index contributed by atoms with van der Waals surface area (Å²) in [4.78, 5) is 19.6. The molecule has 0 spiro atoms. The number of aromatic nitrogens is 4. The quantitative estimate of drug-likeness (QED) is 0.750. The molecule has 2 aromatic heterocycles. The Morgan fingerprint density at radius 3 is 2.20 bits per heavy atom. The van der Waals surface area contributed by atoms with E-state index >= 15 is 0 Å². The van der Waals surface area contributed by atoms with Crippen LogP contribution in [0, 0.1) is 20.8 Å². The standard InChI is InChI=1S/C10H12N4O/c1-6-4-7(2)12-10(11-6)14-8(3)5-9(15)13-14/h4-5H,1-3H3,(H,13,15). The minimum Gasteiger partial charge on any atom is -0.268 e. The number of aromatic amines is 1. The first-order valence-corrected chi connectivity index (χ1v) is 4.67. The molecule has 0 aliphatic carbocycles. The van der Waals surface area contributed by atoms with E-state index in [2.05, 4.69) is 15.1 Å². The van der Waals surface area contributed by atoms with Gasteiger partial charge in [-0.25, -0.2) is 14.6 Å². The van der Waals surface area contributed by atoms with Crippen LogP contribution >= 0.6 is 0 Å². The lowest BCUT2D eigenvalue weighted by molar-refractivity contribution is 0.763. The molecular formula is C10H12N4O. The lowest BCUT2D eigenvalue weighted by Gasteiger charge is -2.04. The van der Waals surface area contributed by atoms with Gasteiger partial charge in [-0.05, 0) is 26.8 Å². The molecule has 0 atom stereocenters. The lowest BCUT2D eigenvalue weighted by Crippen LogP contribution is -2.09. The van der Waals surface area contributed by atoms with Crippen molar-refractivity contribution in [1.29, 1.82) is 0 Å². The molecule has 0 aliphatic rings. The van der Waals surface area contributed by atoms with Crippen molar-refractivity contribution < 1.29 is 0 Å². The number of H-pyrrole nitrogens is 1. The second-order valence-corrected chi connectivity index (χ2v) is 3.55. The summed E-state index contributed by atoms with van der Waals surface area (Å²) in [7, 11) is 0. The molecule has 5 nitrogen and oxygen atoms in total. The highest BCUT2D eigenvalue weighted by molar-refractivity contribution is 5.19. The summed E-state index contributed by atoms with van der Waals surface area (Å²) in [6.07, 6.45) is 0. The van der Waals surface area contributed by atoms with Crippen LogP contribution in [-0.4, -0.2) is 19.7 Å². The van der Waals surface area contributed by atoms with Gasteiger partial charge >= 0.3 is 0 Å². The molecular weight excluding hydrogens is 192 g/mol. The minimum absolute atomic E-state index is 0.143. The van der Waals surface area contributed by atoms with E-state index < -0.39 is 0 Å². The van der Waals surface area contributed by atoms with E-state index in [9.17, 15) is 4.79 Å². The number of aryl methyl sites for hydroxylation is 3. The molecule has 78 valence electrons. The van der Waals surface area contributed by atoms with E-state index in [1.165, 1.54) is 6.07 Å². The first kappa shape index (κ1) is 9.64. The second kappa shape index (κ2) is 3.34. The van der Waals surface area contributed by atoms with E-state index in [4.69, 9.17) is 0 Å². The van der Waals surface area contributed by atoms with E-state index in [1.807, 2.05) is 26.8 Å². The van der Waals surface area contributed by atoms with Crippen LogP contribution in [0.4, 0.5) is 0 Å². The zero-order valence-corrected chi connectivity index (χ0v) is 8.90. The van der Waals surface area contributed by atoms with Crippen LogP contribution < -0.4 is 5.56 Å². The molecule has 2 aromatic rings. The first-order chi connectivity index (χ1) is 7.06. The average molecular weight is 204 g/mol. The molecule has 0 saturated carbocycles. The summed E-state index contributed by atoms with van der Waals surface area (Å²) in [5, 5.41) is 2.65. The summed E-state index contributed by atoms with van der Waals surface area (Å²) in [6, 6.07) is 3.40. The van der Waals surface area contributed by atoms with Crippen LogP contribution in [0.5, 0.6) is 0 Å². The summed E-state index contributed by atoms with van der Waals surface area (Å²) >= 11 is 0. The van der Waals surface area contributed by atoms with E-state index in [0.29, 0.717) is 5.95 Å². The molecule has 0 bridgehead atoms. The maximum absolute atomic E-state index is 11.1. The molecule has 0 amide bonds. The van der Waals surface area contributed by atoms with Crippen molar-refractivity contribution in [3.8, 4) is 5.95 Å². The summed E-state index contributed by atoms with van der Waals surface area (Å²) < 4.78 is 1.59. The van der Waals surface area contributed by atoms with Crippen molar-refractivity contribution in [2.45, 2.75) is 20.8 Å². The van der Waals surface area contributed by atoms with Crippen molar-refractivity contribution in [3.63, 3.8) is 0 Å². The predicted octanol–water partition coefficient (Wildman–Crippen LogP) is 0.881. The van der Waals surface area contributed by atoms with E-state index in [-0.39, 0.29) is 5.56 Å². The zero-order valence-electron chi connectivity index (χ0n) is 8.90. The van der Waals surface area contributed by atoms with Gasteiger partial charge in [0.1, 0.15) is 0 Å². The van der Waals surface area contributed by atoms with Crippen LogP contribution in [0.25, 0.3) is 5.95 Å². The van der Waals surface area contributed by atoms with Gasteiger partial charge in [0.2, 0.25) is 5.95 Å². The van der Waals surface area contributed by atoms with Crippen molar-refractivity contribution >= 4 is 0 Å². The van der Waals surface area contributed by atoms with Crippen LogP contribution in [0.3, 0.4) is 0 Å². The fraction of sp³-hybridized carbons (Fsp3) is 0.300. The number of nitrogens with zero attached hydrogens (tertiary/aromatic N) is 3. The van der Waals surface area contributed by atoms with Gasteiger partial charge in [0, 0.05) is 23.1 Å². The van der Waals surface area contributed by atoms with Crippen LogP contribution in [0.2, 0.25) is 0 Å². The molecule has 2 rings (SSSR count). The van der Waals surface area contributed by atoms with Crippen molar-refractivity contribution in [1.82, 2.24) is 19.7 Å². The molecule has 15 heavy (non-hydrogen) atoms. The van der Waals surface area contributed by atoms with Crippen molar-refractivity contribution in [3.05, 3.63) is 39.6 Å². The van der Waals surface area contributed by atoms with Gasteiger partial charge in [0.15, 0.2) is 0 Å². The molecule has 0 fully saturated rings. The molecule has 0 radical (unpaired) electrons. The number of rotatable bonds is 1. The minimum atomic E-state index is -0.143. The Balaban J connectivity index is 2.63. The van der Waals surface area contributed by atoms with Gasteiger partial charge in [-0.2, -0.15) is 0 Å². The Morgan fingerprint density at radius 2 is 1.73 bits per heavy atom. The highest BCUT2D eigenvalue weighted by Crippen LogP contribution is 2.05. The lowest BCUT2D eigenvalue weighted by atomic mass is 10.3. The fourth-order valence-electron chi connectivity index (χ4n) is 1.50. The van der Waals surface area contributed by atoms with Crippen LogP contribution in [-0.2, 0) is 0 Å².